The average Bonchev–Trinajstić information content (AvgIpc) is 3.26. The molecule has 0 aliphatic heterocycles. The molecule has 0 atom stereocenters. The Kier molecular flexibility index (Phi) is 4.22. The van der Waals surface area contributed by atoms with E-state index in [1.54, 1.807) is 0 Å². The standard InChI is InChI=1S/C18H11F4N5O2/c19-12-3-1-2-4-14(12)27-15(18(20,21)22)11(8-23-27)17(29)24-16-10-6-5-9(28)7-13(10)25-26-16/h1-8,28H,(H2,24,25,26,29). The van der Waals surface area contributed by atoms with Gasteiger partial charge < -0.3 is 10.4 Å². The normalized spacial score (nSPS) is 11.7. The van der Waals surface area contributed by atoms with Crippen LogP contribution in [0.5, 0.6) is 5.75 Å². The number of H-pyrrole nitrogens is 1. The number of hydrogen-bond donors (Lipinski definition) is 3. The summed E-state index contributed by atoms with van der Waals surface area (Å²) in [7, 11) is 0. The second-order valence-electron chi connectivity index (χ2n) is 6.02. The molecule has 4 aromatic rings. The van der Waals surface area contributed by atoms with Crippen LogP contribution in [0.15, 0.2) is 48.7 Å². The summed E-state index contributed by atoms with van der Waals surface area (Å²) >= 11 is 0. The smallest absolute Gasteiger partial charge is 0.434 e. The third-order valence-corrected chi connectivity index (χ3v) is 4.14. The Labute approximate surface area is 159 Å². The topological polar surface area (TPSA) is 95.8 Å². The van der Waals surface area contributed by atoms with Gasteiger partial charge in [0.2, 0.25) is 0 Å². The van der Waals surface area contributed by atoms with Crippen LogP contribution in [0, 0.1) is 5.82 Å². The van der Waals surface area contributed by atoms with Gasteiger partial charge >= 0.3 is 6.18 Å². The first-order valence-electron chi connectivity index (χ1n) is 8.14. The van der Waals surface area contributed by atoms with Crippen LogP contribution in [-0.2, 0) is 6.18 Å². The monoisotopic (exact) mass is 405 g/mol. The highest BCUT2D eigenvalue weighted by Crippen LogP contribution is 2.34. The Bertz CT molecular complexity index is 1230. The number of halogens is 4. The molecular weight excluding hydrogens is 394 g/mol. The lowest BCUT2D eigenvalue weighted by molar-refractivity contribution is -0.143. The van der Waals surface area contributed by atoms with E-state index < -0.39 is 34.8 Å². The lowest BCUT2D eigenvalue weighted by atomic mass is 10.2. The van der Waals surface area contributed by atoms with Crippen LogP contribution in [0.2, 0.25) is 0 Å². The number of aromatic amines is 1. The Hall–Kier alpha value is -3.89. The molecule has 0 spiro atoms. The number of carbonyl (C=O) groups excluding carboxylic acids is 1. The Morgan fingerprint density at radius 1 is 1.17 bits per heavy atom. The van der Waals surface area contributed by atoms with E-state index in [-0.39, 0.29) is 11.6 Å². The van der Waals surface area contributed by atoms with Gasteiger partial charge in [0.25, 0.3) is 5.91 Å². The Morgan fingerprint density at radius 3 is 2.66 bits per heavy atom. The number of carbonyl (C=O) groups is 1. The average molecular weight is 405 g/mol. The minimum atomic E-state index is -4.98. The molecule has 0 bridgehead atoms. The lowest BCUT2D eigenvalue weighted by Crippen LogP contribution is -2.21. The summed E-state index contributed by atoms with van der Waals surface area (Å²) < 4.78 is 55.4. The van der Waals surface area contributed by atoms with E-state index in [9.17, 15) is 27.5 Å². The maximum Gasteiger partial charge on any atom is 0.434 e. The molecule has 29 heavy (non-hydrogen) atoms. The van der Waals surface area contributed by atoms with Crippen molar-refractivity contribution in [3.8, 4) is 11.4 Å². The van der Waals surface area contributed by atoms with E-state index >= 15 is 0 Å². The van der Waals surface area contributed by atoms with Crippen LogP contribution in [0.25, 0.3) is 16.6 Å². The van der Waals surface area contributed by atoms with Crippen molar-refractivity contribution in [3.63, 3.8) is 0 Å². The van der Waals surface area contributed by atoms with Gasteiger partial charge in [0.15, 0.2) is 11.5 Å². The summed E-state index contributed by atoms with van der Waals surface area (Å²) in [5.74, 6) is -2.13. The summed E-state index contributed by atoms with van der Waals surface area (Å²) in [6.45, 7) is 0. The molecule has 148 valence electrons. The third-order valence-electron chi connectivity index (χ3n) is 4.14. The largest absolute Gasteiger partial charge is 0.508 e. The summed E-state index contributed by atoms with van der Waals surface area (Å²) in [6, 6.07) is 8.90. The Morgan fingerprint density at radius 2 is 1.93 bits per heavy atom. The molecule has 0 saturated heterocycles. The summed E-state index contributed by atoms with van der Waals surface area (Å²) in [5, 5.41) is 22.1. The second-order valence-corrected chi connectivity index (χ2v) is 6.02. The Balaban J connectivity index is 1.76. The van der Waals surface area contributed by atoms with Crippen molar-refractivity contribution < 1.29 is 27.5 Å². The molecule has 0 unspecified atom stereocenters. The number of aromatic nitrogens is 4. The first kappa shape index (κ1) is 18.5. The number of nitrogens with zero attached hydrogens (tertiary/aromatic N) is 3. The van der Waals surface area contributed by atoms with Crippen LogP contribution >= 0.6 is 0 Å². The SMILES string of the molecule is O=C(Nc1n[nH]c2cc(O)ccc12)c1cnn(-c2ccccc2F)c1C(F)(F)F. The van der Waals surface area contributed by atoms with Crippen molar-refractivity contribution >= 4 is 22.6 Å². The van der Waals surface area contributed by atoms with Gasteiger partial charge in [-0.2, -0.15) is 23.4 Å². The fraction of sp³-hybridized carbons (Fsp3) is 0.0556. The maximum absolute atomic E-state index is 14.0. The van der Waals surface area contributed by atoms with E-state index in [2.05, 4.69) is 20.6 Å². The first-order chi connectivity index (χ1) is 13.8. The molecule has 7 nitrogen and oxygen atoms in total. The number of phenolic OH excluding ortho intramolecular Hbond substituents is 1. The van der Waals surface area contributed by atoms with E-state index in [4.69, 9.17) is 0 Å². The highest BCUT2D eigenvalue weighted by Gasteiger charge is 2.41. The molecule has 3 N–H and O–H groups in total. The van der Waals surface area contributed by atoms with Gasteiger partial charge in [-0.25, -0.2) is 9.07 Å². The minimum absolute atomic E-state index is 0.0308. The highest BCUT2D eigenvalue weighted by atomic mass is 19.4. The molecule has 4 rings (SSSR count). The zero-order valence-corrected chi connectivity index (χ0v) is 14.3. The van der Waals surface area contributed by atoms with Crippen LogP contribution < -0.4 is 5.32 Å². The first-order valence-corrected chi connectivity index (χ1v) is 8.14. The summed E-state index contributed by atoms with van der Waals surface area (Å²) in [5.41, 5.74) is -2.29. The number of para-hydroxylation sites is 1. The fourth-order valence-electron chi connectivity index (χ4n) is 2.87. The van der Waals surface area contributed by atoms with Crippen molar-refractivity contribution in [2.24, 2.45) is 0 Å². The fourth-order valence-corrected chi connectivity index (χ4v) is 2.87. The maximum atomic E-state index is 14.0. The van der Waals surface area contributed by atoms with Crippen LogP contribution in [0.4, 0.5) is 23.4 Å². The number of rotatable bonds is 3. The molecular formula is C18H11F4N5O2. The third kappa shape index (κ3) is 3.26. The number of aromatic hydroxyl groups is 1. The number of fused-ring (bicyclic) bond motifs is 1. The molecule has 11 heteroatoms. The van der Waals surface area contributed by atoms with E-state index in [1.807, 2.05) is 0 Å². The van der Waals surface area contributed by atoms with Crippen molar-refractivity contribution in [1.29, 1.82) is 0 Å². The van der Waals surface area contributed by atoms with Crippen molar-refractivity contribution in [2.45, 2.75) is 6.18 Å². The summed E-state index contributed by atoms with van der Waals surface area (Å²) in [4.78, 5) is 12.6. The van der Waals surface area contributed by atoms with Gasteiger partial charge in [-0.15, -0.1) is 0 Å². The number of phenols is 1. The van der Waals surface area contributed by atoms with Crippen LogP contribution in [0.1, 0.15) is 16.1 Å². The number of benzene rings is 2. The molecule has 2 aromatic heterocycles. The number of nitrogens with one attached hydrogen (secondary N) is 2. The number of anilines is 1. The molecule has 0 radical (unpaired) electrons. The molecule has 1 amide bonds. The van der Waals surface area contributed by atoms with Crippen molar-refractivity contribution in [2.75, 3.05) is 5.32 Å². The van der Waals surface area contributed by atoms with Gasteiger partial charge in [-0.1, -0.05) is 12.1 Å². The summed E-state index contributed by atoms with van der Waals surface area (Å²) in [6.07, 6.45) is -4.27. The molecule has 0 aliphatic rings. The van der Waals surface area contributed by atoms with E-state index in [0.717, 1.165) is 12.1 Å². The predicted octanol–water partition coefficient (Wildman–Crippen LogP) is 3.86. The second kappa shape index (κ2) is 6.62. The van der Waals surface area contributed by atoms with Crippen molar-refractivity contribution in [3.05, 3.63) is 65.7 Å². The van der Waals surface area contributed by atoms with Crippen molar-refractivity contribution in [1.82, 2.24) is 20.0 Å². The molecule has 0 saturated carbocycles. The number of amides is 1. The number of hydrogen-bond acceptors (Lipinski definition) is 4. The van der Waals surface area contributed by atoms with Crippen LogP contribution in [0.3, 0.4) is 0 Å². The number of alkyl halides is 3. The van der Waals surface area contributed by atoms with Gasteiger partial charge in [0.1, 0.15) is 17.3 Å². The predicted molar refractivity (Wildman–Crippen MR) is 94.2 cm³/mol. The zero-order chi connectivity index (χ0) is 20.8. The van der Waals surface area contributed by atoms with Crippen LogP contribution in [-0.4, -0.2) is 31.0 Å². The van der Waals surface area contributed by atoms with Gasteiger partial charge in [0.05, 0.1) is 17.3 Å². The molecule has 2 heterocycles. The quantitative estimate of drug-likeness (QED) is 0.451. The zero-order valence-electron chi connectivity index (χ0n) is 14.3. The molecule has 0 aliphatic carbocycles. The minimum Gasteiger partial charge on any atom is -0.508 e. The molecule has 0 fully saturated rings. The lowest BCUT2D eigenvalue weighted by Gasteiger charge is -2.13. The van der Waals surface area contributed by atoms with Gasteiger partial charge in [0, 0.05) is 11.5 Å². The van der Waals surface area contributed by atoms with E-state index in [1.165, 1.54) is 30.3 Å². The highest BCUT2D eigenvalue weighted by molar-refractivity contribution is 6.08. The van der Waals surface area contributed by atoms with Gasteiger partial charge in [-0.05, 0) is 24.3 Å². The van der Waals surface area contributed by atoms with Gasteiger partial charge in [-0.3, -0.25) is 9.89 Å². The molecule has 2 aromatic carbocycles. The van der Waals surface area contributed by atoms with E-state index in [0.29, 0.717) is 21.8 Å².